The van der Waals surface area contributed by atoms with E-state index in [0.717, 1.165) is 0 Å². The molecule has 0 aliphatic carbocycles. The summed E-state index contributed by atoms with van der Waals surface area (Å²) in [6, 6.07) is 1.62. The van der Waals surface area contributed by atoms with E-state index in [-0.39, 0.29) is 19.1 Å². The van der Waals surface area contributed by atoms with Crippen LogP contribution >= 0.6 is 0 Å². The average molecular weight is 169 g/mol. The molecule has 0 atom stereocenters. The third-order valence-electron chi connectivity index (χ3n) is 1.34. The van der Waals surface area contributed by atoms with Gasteiger partial charge in [-0.2, -0.15) is 5.10 Å². The number of carbonyl (C=O) groups is 1. The van der Waals surface area contributed by atoms with Crippen LogP contribution in [0.25, 0.3) is 0 Å². The topological polar surface area (TPSA) is 67.2 Å². The number of rotatable bonds is 3. The van der Waals surface area contributed by atoms with Gasteiger partial charge in [0.1, 0.15) is 5.69 Å². The number of nitrogens with zero attached hydrogens (tertiary/aromatic N) is 2. The van der Waals surface area contributed by atoms with Crippen molar-refractivity contribution in [1.29, 1.82) is 0 Å². The van der Waals surface area contributed by atoms with Crippen LogP contribution in [0.5, 0.6) is 0 Å². The Kier molecular flexibility index (Phi) is 2.82. The number of aliphatic hydroxyl groups excluding tert-OH is 1. The van der Waals surface area contributed by atoms with Crippen molar-refractivity contribution in [1.82, 2.24) is 15.1 Å². The molecule has 0 bridgehead atoms. The summed E-state index contributed by atoms with van der Waals surface area (Å²) < 4.78 is 1.55. The van der Waals surface area contributed by atoms with Crippen molar-refractivity contribution in [2.24, 2.45) is 7.05 Å². The van der Waals surface area contributed by atoms with Gasteiger partial charge in [-0.15, -0.1) is 0 Å². The van der Waals surface area contributed by atoms with Gasteiger partial charge >= 0.3 is 0 Å². The number of aryl methyl sites for hydroxylation is 1. The van der Waals surface area contributed by atoms with Crippen LogP contribution in [-0.2, 0) is 7.05 Å². The quantitative estimate of drug-likeness (QED) is 0.619. The van der Waals surface area contributed by atoms with Gasteiger partial charge in [0.2, 0.25) is 0 Å². The van der Waals surface area contributed by atoms with Gasteiger partial charge in [0.25, 0.3) is 5.91 Å². The highest BCUT2D eigenvalue weighted by atomic mass is 16.3. The largest absolute Gasteiger partial charge is 0.395 e. The van der Waals surface area contributed by atoms with Crippen molar-refractivity contribution in [3.8, 4) is 0 Å². The van der Waals surface area contributed by atoms with Crippen LogP contribution < -0.4 is 5.32 Å². The second kappa shape index (κ2) is 3.87. The molecular formula is C7H11N3O2. The Morgan fingerprint density at radius 1 is 1.83 bits per heavy atom. The Hall–Kier alpha value is -1.36. The highest BCUT2D eigenvalue weighted by molar-refractivity contribution is 5.92. The standard InChI is InChI=1S/C7H11N3O2/c1-10-4-2-6(9-10)7(12)8-3-5-11/h2,4,11H,3,5H2,1H3,(H,8,12). The molecule has 0 unspecified atom stereocenters. The van der Waals surface area contributed by atoms with E-state index in [9.17, 15) is 4.79 Å². The third-order valence-corrected chi connectivity index (χ3v) is 1.34. The van der Waals surface area contributed by atoms with Gasteiger partial charge in [-0.25, -0.2) is 0 Å². The number of aliphatic hydroxyl groups is 1. The molecule has 66 valence electrons. The van der Waals surface area contributed by atoms with E-state index in [4.69, 9.17) is 5.11 Å². The van der Waals surface area contributed by atoms with Crippen LogP contribution in [0.3, 0.4) is 0 Å². The molecular weight excluding hydrogens is 158 g/mol. The number of hydrogen-bond acceptors (Lipinski definition) is 3. The number of aromatic nitrogens is 2. The minimum atomic E-state index is -0.260. The van der Waals surface area contributed by atoms with Crippen molar-refractivity contribution in [3.05, 3.63) is 18.0 Å². The van der Waals surface area contributed by atoms with E-state index in [1.165, 1.54) is 0 Å². The van der Waals surface area contributed by atoms with Crippen LogP contribution in [0.15, 0.2) is 12.3 Å². The highest BCUT2D eigenvalue weighted by Crippen LogP contribution is 1.92. The summed E-state index contributed by atoms with van der Waals surface area (Å²) in [5.74, 6) is -0.260. The van der Waals surface area contributed by atoms with Crippen LogP contribution in [0, 0.1) is 0 Å². The maximum atomic E-state index is 11.1. The molecule has 1 aromatic rings. The molecule has 1 rings (SSSR count). The van der Waals surface area contributed by atoms with Crippen molar-refractivity contribution >= 4 is 5.91 Å². The number of nitrogens with one attached hydrogen (secondary N) is 1. The van der Waals surface area contributed by atoms with E-state index in [1.54, 1.807) is 24.0 Å². The summed E-state index contributed by atoms with van der Waals surface area (Å²) in [5, 5.41) is 14.8. The highest BCUT2D eigenvalue weighted by Gasteiger charge is 2.06. The van der Waals surface area contributed by atoms with E-state index in [2.05, 4.69) is 10.4 Å². The lowest BCUT2D eigenvalue weighted by Crippen LogP contribution is -2.26. The number of amides is 1. The molecule has 1 amide bonds. The van der Waals surface area contributed by atoms with Crippen LogP contribution in [-0.4, -0.2) is 33.9 Å². The summed E-state index contributed by atoms with van der Waals surface area (Å²) in [6.45, 7) is 0.202. The SMILES string of the molecule is Cn1ccc(C(=O)NCCO)n1. The maximum Gasteiger partial charge on any atom is 0.271 e. The Morgan fingerprint density at radius 3 is 3.08 bits per heavy atom. The van der Waals surface area contributed by atoms with Crippen LogP contribution in [0.2, 0.25) is 0 Å². The third kappa shape index (κ3) is 2.06. The van der Waals surface area contributed by atoms with Crippen molar-refractivity contribution < 1.29 is 9.90 Å². The molecule has 1 heterocycles. The first-order valence-corrected chi connectivity index (χ1v) is 3.62. The fraction of sp³-hybridized carbons (Fsp3) is 0.429. The van der Waals surface area contributed by atoms with Gasteiger partial charge in [0, 0.05) is 19.8 Å². The predicted molar refractivity (Wildman–Crippen MR) is 42.6 cm³/mol. The Balaban J connectivity index is 2.53. The average Bonchev–Trinajstić information content (AvgIpc) is 2.47. The first-order chi connectivity index (χ1) is 5.74. The molecule has 0 aliphatic rings. The summed E-state index contributed by atoms with van der Waals surface area (Å²) in [5.41, 5.74) is 0.367. The molecule has 1 aromatic heterocycles. The maximum absolute atomic E-state index is 11.1. The van der Waals surface area contributed by atoms with Gasteiger partial charge in [-0.1, -0.05) is 0 Å². The number of carbonyl (C=O) groups excluding carboxylic acids is 1. The van der Waals surface area contributed by atoms with Gasteiger partial charge in [0.15, 0.2) is 0 Å². The minimum Gasteiger partial charge on any atom is -0.395 e. The van der Waals surface area contributed by atoms with Gasteiger partial charge < -0.3 is 10.4 Å². The van der Waals surface area contributed by atoms with Crippen LogP contribution in [0.4, 0.5) is 0 Å². The monoisotopic (exact) mass is 169 g/mol. The molecule has 0 fully saturated rings. The molecule has 12 heavy (non-hydrogen) atoms. The zero-order chi connectivity index (χ0) is 8.97. The van der Waals surface area contributed by atoms with Gasteiger partial charge in [-0.05, 0) is 6.07 Å². The van der Waals surface area contributed by atoms with Gasteiger partial charge in [0.05, 0.1) is 6.61 Å². The Morgan fingerprint density at radius 2 is 2.58 bits per heavy atom. The summed E-state index contributed by atoms with van der Waals surface area (Å²) in [6.07, 6.45) is 1.69. The zero-order valence-corrected chi connectivity index (χ0v) is 6.82. The van der Waals surface area contributed by atoms with E-state index in [1.807, 2.05) is 0 Å². The van der Waals surface area contributed by atoms with E-state index < -0.39 is 0 Å². The smallest absolute Gasteiger partial charge is 0.271 e. The molecule has 0 radical (unpaired) electrons. The lowest BCUT2D eigenvalue weighted by Gasteiger charge is -1.98. The summed E-state index contributed by atoms with van der Waals surface area (Å²) in [4.78, 5) is 11.1. The zero-order valence-electron chi connectivity index (χ0n) is 6.82. The second-order valence-corrected chi connectivity index (χ2v) is 2.35. The lowest BCUT2D eigenvalue weighted by molar-refractivity contribution is 0.0939. The normalized spacial score (nSPS) is 9.83. The van der Waals surface area contributed by atoms with Crippen molar-refractivity contribution in [3.63, 3.8) is 0 Å². The second-order valence-electron chi connectivity index (χ2n) is 2.35. The van der Waals surface area contributed by atoms with E-state index >= 15 is 0 Å². The molecule has 0 spiro atoms. The Bertz CT molecular complexity index is 269. The summed E-state index contributed by atoms with van der Waals surface area (Å²) >= 11 is 0. The number of hydrogen-bond donors (Lipinski definition) is 2. The van der Waals surface area contributed by atoms with Gasteiger partial charge in [-0.3, -0.25) is 9.48 Å². The fourth-order valence-electron chi connectivity index (χ4n) is 0.796. The molecule has 0 aromatic carbocycles. The summed E-state index contributed by atoms with van der Waals surface area (Å²) in [7, 11) is 1.74. The van der Waals surface area contributed by atoms with E-state index in [0.29, 0.717) is 5.69 Å². The molecule has 2 N–H and O–H groups in total. The minimum absolute atomic E-state index is 0.0570. The van der Waals surface area contributed by atoms with Crippen molar-refractivity contribution in [2.45, 2.75) is 0 Å². The Labute approximate surface area is 70.0 Å². The molecule has 0 saturated carbocycles. The predicted octanol–water partition coefficient (Wildman–Crippen LogP) is -0.858. The fourth-order valence-corrected chi connectivity index (χ4v) is 0.796. The first-order valence-electron chi connectivity index (χ1n) is 3.62. The van der Waals surface area contributed by atoms with Crippen LogP contribution in [0.1, 0.15) is 10.5 Å². The molecule has 0 saturated heterocycles. The first kappa shape index (κ1) is 8.73. The molecule has 5 nitrogen and oxygen atoms in total. The lowest BCUT2D eigenvalue weighted by atomic mass is 10.4. The molecule has 5 heteroatoms. The van der Waals surface area contributed by atoms with Crippen molar-refractivity contribution in [2.75, 3.05) is 13.2 Å². The molecule has 0 aliphatic heterocycles.